The van der Waals surface area contributed by atoms with Gasteiger partial charge in [-0.2, -0.15) is 0 Å². The molecule has 3 aliphatic heterocycles. The zero-order valence-electron chi connectivity index (χ0n) is 20.4. The van der Waals surface area contributed by atoms with E-state index in [0.717, 1.165) is 61.7 Å². The first-order chi connectivity index (χ1) is 17.1. The summed E-state index contributed by atoms with van der Waals surface area (Å²) in [6.07, 6.45) is 1.61. The Kier molecular flexibility index (Phi) is 6.72. The molecule has 2 N–H and O–H groups in total. The predicted molar refractivity (Wildman–Crippen MR) is 134 cm³/mol. The minimum absolute atomic E-state index is 0.0331. The summed E-state index contributed by atoms with van der Waals surface area (Å²) in [7, 11) is 0. The number of nitrogens with one attached hydrogen (secondary N) is 2. The van der Waals surface area contributed by atoms with Gasteiger partial charge in [0.15, 0.2) is 5.82 Å². The fourth-order valence-electron chi connectivity index (χ4n) is 5.11. The Hall–Kier alpha value is -3.40. The van der Waals surface area contributed by atoms with E-state index in [1.165, 1.54) is 0 Å². The lowest BCUT2D eigenvalue weighted by Gasteiger charge is -2.44. The third-order valence-electron chi connectivity index (χ3n) is 6.93. The number of morpholine rings is 1. The molecule has 1 aromatic heterocycles. The summed E-state index contributed by atoms with van der Waals surface area (Å²) in [5, 5.41) is 5.55. The van der Waals surface area contributed by atoms with Gasteiger partial charge in [-0.1, -0.05) is 0 Å². The van der Waals surface area contributed by atoms with Crippen molar-refractivity contribution < 1.29 is 14.3 Å². The molecule has 0 spiro atoms. The molecule has 10 heteroatoms. The summed E-state index contributed by atoms with van der Waals surface area (Å²) in [6.45, 7) is 9.54. The van der Waals surface area contributed by atoms with Crippen LogP contribution in [0.2, 0.25) is 0 Å². The summed E-state index contributed by atoms with van der Waals surface area (Å²) >= 11 is 0. The van der Waals surface area contributed by atoms with Crippen LogP contribution in [0.15, 0.2) is 24.3 Å². The number of carbonyl (C=O) groups is 2. The van der Waals surface area contributed by atoms with Crippen molar-refractivity contribution in [3.05, 3.63) is 35.5 Å². The largest absolute Gasteiger partial charge is 0.378 e. The number of amides is 4. The van der Waals surface area contributed by atoms with Crippen LogP contribution in [0.4, 0.5) is 21.1 Å². The Morgan fingerprint density at radius 3 is 2.57 bits per heavy atom. The van der Waals surface area contributed by atoms with Crippen molar-refractivity contribution in [3.63, 3.8) is 0 Å². The van der Waals surface area contributed by atoms with Crippen molar-refractivity contribution in [2.24, 2.45) is 0 Å². The predicted octanol–water partition coefficient (Wildman–Crippen LogP) is 2.87. The van der Waals surface area contributed by atoms with Crippen molar-refractivity contribution >= 4 is 23.6 Å². The first-order valence-electron chi connectivity index (χ1n) is 12.5. The number of nitrogens with zero attached hydrogens (tertiary/aromatic N) is 5. The van der Waals surface area contributed by atoms with Crippen molar-refractivity contribution in [2.75, 3.05) is 62.7 Å². The van der Waals surface area contributed by atoms with Gasteiger partial charge < -0.3 is 30.1 Å². The lowest BCUT2D eigenvalue weighted by molar-refractivity contribution is 0.0935. The molecule has 0 bridgehead atoms. The second kappa shape index (κ2) is 10.1. The van der Waals surface area contributed by atoms with E-state index in [1.54, 1.807) is 0 Å². The molecule has 4 heterocycles. The SMILES string of the molecule is CCNC(=O)Nc1ccc(-c2nc3c(c(N4CCOCC4)n2)CCN2C(=O)N(CC)CC[C@H]32)cc1. The number of anilines is 2. The van der Waals surface area contributed by atoms with E-state index in [1.807, 2.05) is 47.9 Å². The first kappa shape index (κ1) is 23.3. The number of urea groups is 2. The van der Waals surface area contributed by atoms with Gasteiger partial charge in [0.05, 0.1) is 24.9 Å². The summed E-state index contributed by atoms with van der Waals surface area (Å²) in [5.41, 5.74) is 3.70. The zero-order valence-corrected chi connectivity index (χ0v) is 20.4. The quantitative estimate of drug-likeness (QED) is 0.684. The average Bonchev–Trinajstić information content (AvgIpc) is 2.89. The van der Waals surface area contributed by atoms with Crippen LogP contribution >= 0.6 is 0 Å². The molecular weight excluding hydrogens is 446 g/mol. The van der Waals surface area contributed by atoms with Gasteiger partial charge in [0.1, 0.15) is 5.82 Å². The highest BCUT2D eigenvalue weighted by Gasteiger charge is 2.40. The molecule has 0 unspecified atom stereocenters. The molecule has 2 fully saturated rings. The maximum atomic E-state index is 13.1. The molecule has 186 valence electrons. The molecule has 35 heavy (non-hydrogen) atoms. The van der Waals surface area contributed by atoms with Crippen LogP contribution in [0.5, 0.6) is 0 Å². The van der Waals surface area contributed by atoms with E-state index in [0.29, 0.717) is 37.8 Å². The van der Waals surface area contributed by atoms with Crippen LogP contribution in [0.3, 0.4) is 0 Å². The van der Waals surface area contributed by atoms with Gasteiger partial charge in [-0.15, -0.1) is 0 Å². The van der Waals surface area contributed by atoms with Gasteiger partial charge in [-0.05, 0) is 51.0 Å². The second-order valence-corrected chi connectivity index (χ2v) is 9.01. The lowest BCUT2D eigenvalue weighted by atomic mass is 9.93. The molecule has 10 nitrogen and oxygen atoms in total. The van der Waals surface area contributed by atoms with Gasteiger partial charge in [-0.25, -0.2) is 19.6 Å². The normalized spacial score (nSPS) is 19.8. The average molecular weight is 480 g/mol. The molecular formula is C25H33N7O3. The second-order valence-electron chi connectivity index (χ2n) is 9.01. The van der Waals surface area contributed by atoms with E-state index in [4.69, 9.17) is 14.7 Å². The van der Waals surface area contributed by atoms with Gasteiger partial charge in [-0.3, -0.25) is 0 Å². The van der Waals surface area contributed by atoms with Gasteiger partial charge in [0, 0.05) is 56.1 Å². The van der Waals surface area contributed by atoms with Crippen LogP contribution in [-0.2, 0) is 11.2 Å². The number of benzene rings is 1. The minimum atomic E-state index is -0.233. The van der Waals surface area contributed by atoms with Crippen LogP contribution in [0.25, 0.3) is 11.4 Å². The fourth-order valence-corrected chi connectivity index (χ4v) is 5.11. The molecule has 1 atom stereocenters. The Labute approximate surface area is 205 Å². The van der Waals surface area contributed by atoms with Gasteiger partial charge >= 0.3 is 12.1 Å². The fraction of sp³-hybridized carbons (Fsp3) is 0.520. The van der Waals surface area contributed by atoms with Crippen LogP contribution in [0.1, 0.15) is 37.6 Å². The Morgan fingerprint density at radius 1 is 1.09 bits per heavy atom. The highest BCUT2D eigenvalue weighted by molar-refractivity contribution is 5.89. The molecule has 2 aromatic rings. The first-order valence-corrected chi connectivity index (χ1v) is 12.5. The highest BCUT2D eigenvalue weighted by atomic mass is 16.5. The summed E-state index contributed by atoms with van der Waals surface area (Å²) in [5.74, 6) is 1.60. The number of fused-ring (bicyclic) bond motifs is 3. The van der Waals surface area contributed by atoms with Crippen LogP contribution < -0.4 is 15.5 Å². The standard InChI is InChI=1S/C25H33N7O3/c1-3-26-24(33)27-18-7-5-17(6-8-18)22-28-21-19(23(29-22)31-13-15-35-16-14-31)9-12-32-20(21)10-11-30(4-2)25(32)34/h5-8,20H,3-4,9-16H2,1-2H3,(H2,26,27,33)/t20-/m1/s1. The van der Waals surface area contributed by atoms with E-state index >= 15 is 0 Å². The molecule has 3 aliphatic rings. The monoisotopic (exact) mass is 479 g/mol. The number of aromatic nitrogens is 2. The number of ether oxygens (including phenoxy) is 1. The van der Waals surface area contributed by atoms with Gasteiger partial charge in [0.25, 0.3) is 0 Å². The highest BCUT2D eigenvalue weighted by Crippen LogP contribution is 2.39. The Balaban J connectivity index is 1.51. The minimum Gasteiger partial charge on any atom is -0.378 e. The smallest absolute Gasteiger partial charge is 0.320 e. The number of rotatable bonds is 5. The molecule has 0 aliphatic carbocycles. The Morgan fingerprint density at radius 2 is 1.86 bits per heavy atom. The van der Waals surface area contributed by atoms with E-state index in [2.05, 4.69) is 15.5 Å². The van der Waals surface area contributed by atoms with Crippen molar-refractivity contribution in [1.29, 1.82) is 0 Å². The van der Waals surface area contributed by atoms with Crippen molar-refractivity contribution in [1.82, 2.24) is 25.1 Å². The topological polar surface area (TPSA) is 103 Å². The van der Waals surface area contributed by atoms with Crippen molar-refractivity contribution in [3.8, 4) is 11.4 Å². The molecule has 0 saturated carbocycles. The lowest BCUT2D eigenvalue weighted by Crippen LogP contribution is -2.53. The molecule has 5 rings (SSSR count). The van der Waals surface area contributed by atoms with Gasteiger partial charge in [0.2, 0.25) is 0 Å². The molecule has 4 amide bonds. The number of carbonyl (C=O) groups excluding carboxylic acids is 2. The molecule has 1 aromatic carbocycles. The Bertz CT molecular complexity index is 1090. The van der Waals surface area contributed by atoms with E-state index in [-0.39, 0.29) is 18.1 Å². The summed E-state index contributed by atoms with van der Waals surface area (Å²) < 4.78 is 5.58. The summed E-state index contributed by atoms with van der Waals surface area (Å²) in [4.78, 5) is 41.2. The summed E-state index contributed by atoms with van der Waals surface area (Å²) in [6, 6.07) is 7.41. The third kappa shape index (κ3) is 4.62. The maximum absolute atomic E-state index is 13.1. The third-order valence-corrected chi connectivity index (χ3v) is 6.93. The molecule has 2 saturated heterocycles. The number of hydrogen-bond acceptors (Lipinski definition) is 6. The zero-order chi connectivity index (χ0) is 24.4. The van der Waals surface area contributed by atoms with Crippen LogP contribution in [-0.4, -0.2) is 84.3 Å². The van der Waals surface area contributed by atoms with Crippen LogP contribution in [0, 0.1) is 0 Å². The molecule has 0 radical (unpaired) electrons. The maximum Gasteiger partial charge on any atom is 0.320 e. The van der Waals surface area contributed by atoms with E-state index in [9.17, 15) is 9.59 Å². The van der Waals surface area contributed by atoms with Crippen molar-refractivity contribution in [2.45, 2.75) is 32.7 Å². The van der Waals surface area contributed by atoms with E-state index < -0.39 is 0 Å². The number of hydrogen-bond donors (Lipinski definition) is 2.